The molecule has 1 aliphatic heterocycles. The highest BCUT2D eigenvalue weighted by Crippen LogP contribution is 2.40. The minimum Gasteiger partial charge on any atom is -0.309 e. The maximum absolute atomic E-state index is 12.8. The quantitative estimate of drug-likeness (QED) is 0.363. The average molecular weight is 431 g/mol. The van der Waals surface area contributed by atoms with Gasteiger partial charge in [-0.1, -0.05) is 18.2 Å². The summed E-state index contributed by atoms with van der Waals surface area (Å²) in [6, 6.07) is 14.6. The second kappa shape index (κ2) is 7.41. The van der Waals surface area contributed by atoms with Gasteiger partial charge in [0.15, 0.2) is 0 Å². The fraction of sp³-hybridized carbons (Fsp3) is 0.182. The summed E-state index contributed by atoms with van der Waals surface area (Å²) in [5, 5.41) is 18.3. The summed E-state index contributed by atoms with van der Waals surface area (Å²) < 4.78 is 1.62. The number of benzene rings is 2. The standard InChI is InChI=1S/C22H17N5O5/c28-20(12-25-21(29)16-9-8-15(27(31)32)10-17(16)22(25)30)23-19-11-18(13-6-7-13)24-26(19)14-4-2-1-3-5-14/h1-5,8-11,13H,6-7,12H2,(H,23,28). The molecule has 1 aromatic heterocycles. The van der Waals surface area contributed by atoms with Gasteiger partial charge < -0.3 is 5.32 Å². The Balaban J connectivity index is 1.37. The summed E-state index contributed by atoms with van der Waals surface area (Å²) in [5.41, 5.74) is 1.30. The molecule has 2 aromatic carbocycles. The van der Waals surface area contributed by atoms with Gasteiger partial charge in [0, 0.05) is 24.1 Å². The molecule has 32 heavy (non-hydrogen) atoms. The number of nitro benzene ring substituents is 1. The van der Waals surface area contributed by atoms with Crippen molar-refractivity contribution in [1.29, 1.82) is 0 Å². The van der Waals surface area contributed by atoms with E-state index < -0.39 is 29.2 Å². The SMILES string of the molecule is O=C(CN1C(=O)c2ccc([N+](=O)[O-])cc2C1=O)Nc1cc(C2CC2)nn1-c1ccccc1. The summed E-state index contributed by atoms with van der Waals surface area (Å²) >= 11 is 0. The summed E-state index contributed by atoms with van der Waals surface area (Å²) in [4.78, 5) is 49.1. The number of fused-ring (bicyclic) bond motifs is 1. The summed E-state index contributed by atoms with van der Waals surface area (Å²) in [6.07, 6.45) is 2.08. The molecule has 0 saturated heterocycles. The number of nitrogens with zero attached hydrogens (tertiary/aromatic N) is 4. The molecule has 0 unspecified atom stereocenters. The van der Waals surface area contributed by atoms with Crippen molar-refractivity contribution in [1.82, 2.24) is 14.7 Å². The van der Waals surface area contributed by atoms with E-state index in [-0.39, 0.29) is 16.8 Å². The van der Waals surface area contributed by atoms with Gasteiger partial charge in [-0.05, 0) is 31.0 Å². The van der Waals surface area contributed by atoms with Gasteiger partial charge in [-0.15, -0.1) is 0 Å². The zero-order valence-corrected chi connectivity index (χ0v) is 16.7. The second-order valence-electron chi connectivity index (χ2n) is 7.71. The Kier molecular flexibility index (Phi) is 4.54. The van der Waals surface area contributed by atoms with Gasteiger partial charge >= 0.3 is 0 Å². The predicted molar refractivity (Wildman–Crippen MR) is 113 cm³/mol. The van der Waals surface area contributed by atoms with Crippen LogP contribution in [-0.2, 0) is 4.79 Å². The first-order chi connectivity index (χ1) is 15.4. The number of para-hydroxylation sites is 1. The lowest BCUT2D eigenvalue weighted by atomic mass is 10.1. The number of anilines is 1. The minimum absolute atomic E-state index is 0.0405. The molecule has 10 heteroatoms. The third kappa shape index (κ3) is 3.41. The molecule has 0 radical (unpaired) electrons. The summed E-state index contributed by atoms with van der Waals surface area (Å²) in [7, 11) is 0. The van der Waals surface area contributed by atoms with E-state index in [9.17, 15) is 24.5 Å². The van der Waals surface area contributed by atoms with Crippen LogP contribution in [0.25, 0.3) is 5.69 Å². The number of amides is 3. The first-order valence-corrected chi connectivity index (χ1v) is 10.0. The molecule has 2 heterocycles. The molecule has 160 valence electrons. The van der Waals surface area contributed by atoms with Crippen LogP contribution in [0.1, 0.15) is 45.2 Å². The Morgan fingerprint density at radius 2 is 1.78 bits per heavy atom. The fourth-order valence-corrected chi connectivity index (χ4v) is 3.69. The first kappa shape index (κ1) is 19.6. The molecule has 3 amide bonds. The third-order valence-electron chi connectivity index (χ3n) is 5.46. The number of imide groups is 1. The Bertz CT molecular complexity index is 1280. The van der Waals surface area contributed by atoms with Gasteiger partial charge in [0.2, 0.25) is 5.91 Å². The van der Waals surface area contributed by atoms with Crippen LogP contribution in [0.4, 0.5) is 11.5 Å². The predicted octanol–water partition coefficient (Wildman–Crippen LogP) is 2.89. The summed E-state index contributed by atoms with van der Waals surface area (Å²) in [5.74, 6) is -1.17. The van der Waals surface area contributed by atoms with Crippen molar-refractivity contribution in [3.05, 3.63) is 81.5 Å². The smallest absolute Gasteiger partial charge is 0.270 e. The van der Waals surface area contributed by atoms with Gasteiger partial charge in [-0.25, -0.2) is 4.68 Å². The van der Waals surface area contributed by atoms with Crippen LogP contribution in [0.15, 0.2) is 54.6 Å². The average Bonchev–Trinajstić information content (AvgIpc) is 3.52. The number of nitro groups is 1. The monoisotopic (exact) mass is 431 g/mol. The van der Waals surface area contributed by atoms with Crippen LogP contribution in [0.5, 0.6) is 0 Å². The molecule has 1 aliphatic carbocycles. The Morgan fingerprint density at radius 3 is 2.47 bits per heavy atom. The molecule has 1 saturated carbocycles. The molecule has 0 bridgehead atoms. The van der Waals surface area contributed by atoms with Crippen LogP contribution >= 0.6 is 0 Å². The number of non-ortho nitro benzene ring substituents is 1. The fourth-order valence-electron chi connectivity index (χ4n) is 3.69. The molecule has 1 N–H and O–H groups in total. The van der Waals surface area contributed by atoms with Gasteiger partial charge in [0.1, 0.15) is 12.4 Å². The van der Waals surface area contributed by atoms with Crippen molar-refractivity contribution >= 4 is 29.2 Å². The van der Waals surface area contributed by atoms with Crippen LogP contribution in [0.3, 0.4) is 0 Å². The van der Waals surface area contributed by atoms with Gasteiger partial charge in [-0.2, -0.15) is 5.10 Å². The topological polar surface area (TPSA) is 127 Å². The van der Waals surface area contributed by atoms with Gasteiger partial charge in [-0.3, -0.25) is 29.4 Å². The van der Waals surface area contributed by atoms with Crippen LogP contribution in [0.2, 0.25) is 0 Å². The first-order valence-electron chi connectivity index (χ1n) is 10.0. The molecule has 1 fully saturated rings. The largest absolute Gasteiger partial charge is 0.309 e. The highest BCUT2D eigenvalue weighted by atomic mass is 16.6. The van der Waals surface area contributed by atoms with Crippen molar-refractivity contribution in [2.24, 2.45) is 0 Å². The van der Waals surface area contributed by atoms with E-state index in [0.29, 0.717) is 11.7 Å². The van der Waals surface area contributed by atoms with Gasteiger partial charge in [0.05, 0.1) is 27.4 Å². The molecular formula is C22H17N5O5. The lowest BCUT2D eigenvalue weighted by Gasteiger charge is -2.14. The lowest BCUT2D eigenvalue weighted by molar-refractivity contribution is -0.384. The van der Waals surface area contributed by atoms with E-state index in [2.05, 4.69) is 10.4 Å². The third-order valence-corrected chi connectivity index (χ3v) is 5.46. The van der Waals surface area contributed by atoms with Crippen molar-refractivity contribution in [2.75, 3.05) is 11.9 Å². The lowest BCUT2D eigenvalue weighted by Crippen LogP contribution is -2.37. The Labute approximate surface area is 181 Å². The normalized spacial score (nSPS) is 15.1. The number of rotatable bonds is 6. The molecule has 0 spiro atoms. The van der Waals surface area contributed by atoms with Crippen LogP contribution < -0.4 is 5.32 Å². The molecule has 0 atom stereocenters. The number of aromatic nitrogens is 2. The molecular weight excluding hydrogens is 414 g/mol. The highest BCUT2D eigenvalue weighted by molar-refractivity contribution is 6.23. The second-order valence-corrected chi connectivity index (χ2v) is 7.71. The van der Waals surface area contributed by atoms with Crippen LogP contribution in [-0.4, -0.2) is 43.9 Å². The maximum Gasteiger partial charge on any atom is 0.270 e. The number of carbonyl (C=O) groups excluding carboxylic acids is 3. The number of hydrogen-bond donors (Lipinski definition) is 1. The maximum atomic E-state index is 12.8. The van der Waals surface area contributed by atoms with E-state index in [1.165, 1.54) is 6.07 Å². The van der Waals surface area contributed by atoms with Crippen molar-refractivity contribution < 1.29 is 19.3 Å². The number of nitrogens with one attached hydrogen (secondary N) is 1. The highest BCUT2D eigenvalue weighted by Gasteiger charge is 2.38. The molecule has 5 rings (SSSR count). The Morgan fingerprint density at radius 1 is 1.06 bits per heavy atom. The number of carbonyl (C=O) groups is 3. The molecule has 3 aromatic rings. The van der Waals surface area contributed by atoms with Crippen molar-refractivity contribution in [3.63, 3.8) is 0 Å². The molecule has 2 aliphatic rings. The van der Waals surface area contributed by atoms with E-state index in [1.54, 1.807) is 10.7 Å². The zero-order chi connectivity index (χ0) is 22.4. The van der Waals surface area contributed by atoms with E-state index >= 15 is 0 Å². The van der Waals surface area contributed by atoms with E-state index in [0.717, 1.165) is 41.3 Å². The zero-order valence-electron chi connectivity index (χ0n) is 16.7. The van der Waals surface area contributed by atoms with Gasteiger partial charge in [0.25, 0.3) is 17.5 Å². The summed E-state index contributed by atoms with van der Waals surface area (Å²) in [6.45, 7) is -0.515. The Hall–Kier alpha value is -4.34. The van der Waals surface area contributed by atoms with Crippen LogP contribution in [0, 0.1) is 10.1 Å². The van der Waals surface area contributed by atoms with Crippen molar-refractivity contribution in [3.8, 4) is 5.69 Å². The molecule has 10 nitrogen and oxygen atoms in total. The minimum atomic E-state index is -0.737. The number of hydrogen-bond acceptors (Lipinski definition) is 6. The van der Waals surface area contributed by atoms with E-state index in [4.69, 9.17) is 0 Å². The van der Waals surface area contributed by atoms with Crippen molar-refractivity contribution in [2.45, 2.75) is 18.8 Å². The van der Waals surface area contributed by atoms with E-state index in [1.807, 2.05) is 30.3 Å².